The molecule has 0 spiro atoms. The normalized spacial score (nSPS) is 16.2. The molecule has 0 atom stereocenters. The molecule has 0 aliphatic carbocycles. The number of benzene rings is 1. The van der Waals surface area contributed by atoms with Gasteiger partial charge in [0, 0.05) is 13.1 Å². The van der Waals surface area contributed by atoms with Crippen molar-refractivity contribution < 1.29 is 14.3 Å². The molecule has 0 N–H and O–H groups in total. The molecular weight excluding hydrogens is 242 g/mol. The van der Waals surface area contributed by atoms with E-state index in [4.69, 9.17) is 9.47 Å². The zero-order valence-electron chi connectivity index (χ0n) is 11.6. The van der Waals surface area contributed by atoms with Crippen LogP contribution in [-0.2, 0) is 4.74 Å². The molecule has 1 saturated heterocycles. The monoisotopic (exact) mass is 263 g/mol. The summed E-state index contributed by atoms with van der Waals surface area (Å²) < 4.78 is 10.2. The van der Waals surface area contributed by atoms with Crippen molar-refractivity contribution in [2.24, 2.45) is 0 Å². The molecule has 1 aliphatic rings. The number of nitrogens with zero attached hydrogens (tertiary/aromatic N) is 1. The van der Waals surface area contributed by atoms with Gasteiger partial charge in [-0.15, -0.1) is 0 Å². The molecular formula is C15H21NO3. The van der Waals surface area contributed by atoms with Crippen LogP contribution in [0.5, 0.6) is 5.75 Å². The molecule has 1 aromatic rings. The standard InChI is InChI=1S/C15H21NO3/c1-3-19-15(17)16-10-8-13(9-11-16)12-4-6-14(18-2)7-5-12/h4-7,13H,3,8-11H2,1-2H3. The summed E-state index contributed by atoms with van der Waals surface area (Å²) in [4.78, 5) is 13.4. The van der Waals surface area contributed by atoms with Crippen LogP contribution in [0, 0.1) is 0 Å². The molecule has 1 aromatic carbocycles. The SMILES string of the molecule is CCOC(=O)N1CCC(c2ccc(OC)cc2)CC1. The Bertz CT molecular complexity index is 408. The van der Waals surface area contributed by atoms with Gasteiger partial charge in [0.15, 0.2) is 0 Å². The van der Waals surface area contributed by atoms with E-state index in [-0.39, 0.29) is 6.09 Å². The van der Waals surface area contributed by atoms with Crippen LogP contribution in [0.2, 0.25) is 0 Å². The first kappa shape index (κ1) is 13.7. The van der Waals surface area contributed by atoms with Gasteiger partial charge in [0.05, 0.1) is 13.7 Å². The number of ether oxygens (including phenoxy) is 2. The Morgan fingerprint density at radius 3 is 2.42 bits per heavy atom. The number of likely N-dealkylation sites (tertiary alicyclic amines) is 1. The lowest BCUT2D eigenvalue weighted by Gasteiger charge is -2.31. The minimum atomic E-state index is -0.185. The molecule has 4 heteroatoms. The average Bonchev–Trinajstić information content (AvgIpc) is 2.48. The van der Waals surface area contributed by atoms with E-state index in [2.05, 4.69) is 12.1 Å². The van der Waals surface area contributed by atoms with Crippen molar-refractivity contribution in [1.82, 2.24) is 4.90 Å². The maximum absolute atomic E-state index is 11.6. The van der Waals surface area contributed by atoms with E-state index < -0.39 is 0 Å². The number of hydrogen-bond donors (Lipinski definition) is 0. The molecule has 0 unspecified atom stereocenters. The first-order chi connectivity index (χ1) is 9.24. The van der Waals surface area contributed by atoms with Gasteiger partial charge in [-0.3, -0.25) is 0 Å². The largest absolute Gasteiger partial charge is 0.497 e. The average molecular weight is 263 g/mol. The van der Waals surface area contributed by atoms with Crippen LogP contribution in [0.25, 0.3) is 0 Å². The zero-order valence-corrected chi connectivity index (χ0v) is 11.6. The maximum atomic E-state index is 11.6. The molecule has 1 amide bonds. The van der Waals surface area contributed by atoms with Gasteiger partial charge in [-0.1, -0.05) is 12.1 Å². The summed E-state index contributed by atoms with van der Waals surface area (Å²) >= 11 is 0. The molecule has 1 heterocycles. The number of rotatable bonds is 3. The molecule has 1 aliphatic heterocycles. The summed E-state index contributed by atoms with van der Waals surface area (Å²) in [7, 11) is 1.67. The van der Waals surface area contributed by atoms with E-state index in [1.54, 1.807) is 12.0 Å². The maximum Gasteiger partial charge on any atom is 0.409 e. The van der Waals surface area contributed by atoms with Crippen molar-refractivity contribution >= 4 is 6.09 Å². The Kier molecular flexibility index (Phi) is 4.66. The lowest BCUT2D eigenvalue weighted by atomic mass is 9.89. The van der Waals surface area contributed by atoms with Gasteiger partial charge < -0.3 is 14.4 Å². The van der Waals surface area contributed by atoms with Crippen LogP contribution in [0.4, 0.5) is 4.79 Å². The van der Waals surface area contributed by atoms with Crippen molar-refractivity contribution in [1.29, 1.82) is 0 Å². The van der Waals surface area contributed by atoms with Crippen molar-refractivity contribution in [3.05, 3.63) is 29.8 Å². The van der Waals surface area contributed by atoms with Crippen LogP contribution in [-0.4, -0.2) is 37.8 Å². The highest BCUT2D eigenvalue weighted by atomic mass is 16.6. The van der Waals surface area contributed by atoms with Gasteiger partial charge >= 0.3 is 6.09 Å². The Labute approximate surface area is 114 Å². The van der Waals surface area contributed by atoms with E-state index in [0.717, 1.165) is 31.7 Å². The van der Waals surface area contributed by atoms with Gasteiger partial charge in [-0.25, -0.2) is 4.79 Å². The predicted octanol–water partition coefficient (Wildman–Crippen LogP) is 3.03. The van der Waals surface area contributed by atoms with Crippen LogP contribution < -0.4 is 4.74 Å². The van der Waals surface area contributed by atoms with Crippen LogP contribution in [0.15, 0.2) is 24.3 Å². The number of methoxy groups -OCH3 is 1. The smallest absolute Gasteiger partial charge is 0.409 e. The Hall–Kier alpha value is -1.71. The summed E-state index contributed by atoms with van der Waals surface area (Å²) in [6.45, 7) is 3.82. The van der Waals surface area contributed by atoms with Gasteiger partial charge in [-0.05, 0) is 43.4 Å². The quantitative estimate of drug-likeness (QED) is 0.841. The minimum absolute atomic E-state index is 0.185. The highest BCUT2D eigenvalue weighted by Crippen LogP contribution is 2.29. The molecule has 0 aromatic heterocycles. The van der Waals surface area contributed by atoms with Crippen molar-refractivity contribution in [2.45, 2.75) is 25.7 Å². The number of hydrogen-bond acceptors (Lipinski definition) is 3. The molecule has 1 fully saturated rings. The highest BCUT2D eigenvalue weighted by Gasteiger charge is 2.24. The van der Waals surface area contributed by atoms with E-state index >= 15 is 0 Å². The van der Waals surface area contributed by atoms with Gasteiger partial charge in [0.25, 0.3) is 0 Å². The third kappa shape index (κ3) is 3.40. The summed E-state index contributed by atoms with van der Waals surface area (Å²) in [6, 6.07) is 8.22. The van der Waals surface area contributed by atoms with Gasteiger partial charge in [0.2, 0.25) is 0 Å². The third-order valence-electron chi connectivity index (χ3n) is 3.61. The lowest BCUT2D eigenvalue weighted by molar-refractivity contribution is 0.0971. The topological polar surface area (TPSA) is 38.8 Å². The Morgan fingerprint density at radius 2 is 1.89 bits per heavy atom. The van der Waals surface area contributed by atoms with Crippen LogP contribution in [0.1, 0.15) is 31.2 Å². The summed E-state index contributed by atoms with van der Waals surface area (Å²) in [5, 5.41) is 0. The van der Waals surface area contributed by atoms with E-state index in [1.165, 1.54) is 5.56 Å². The number of amides is 1. The number of carbonyl (C=O) groups excluding carboxylic acids is 1. The molecule has 104 valence electrons. The van der Waals surface area contributed by atoms with Crippen molar-refractivity contribution in [3.63, 3.8) is 0 Å². The second kappa shape index (κ2) is 6.45. The fourth-order valence-electron chi connectivity index (χ4n) is 2.49. The third-order valence-corrected chi connectivity index (χ3v) is 3.61. The fraction of sp³-hybridized carbons (Fsp3) is 0.533. The van der Waals surface area contributed by atoms with Crippen LogP contribution in [0.3, 0.4) is 0 Å². The zero-order chi connectivity index (χ0) is 13.7. The summed E-state index contributed by atoms with van der Waals surface area (Å²) in [5.74, 6) is 1.41. The van der Waals surface area contributed by atoms with E-state index in [0.29, 0.717) is 12.5 Å². The molecule has 0 bridgehead atoms. The van der Waals surface area contributed by atoms with Crippen molar-refractivity contribution in [2.75, 3.05) is 26.8 Å². The van der Waals surface area contributed by atoms with Gasteiger partial charge in [-0.2, -0.15) is 0 Å². The minimum Gasteiger partial charge on any atom is -0.497 e. The highest BCUT2D eigenvalue weighted by molar-refractivity contribution is 5.67. The second-order valence-electron chi connectivity index (χ2n) is 4.73. The summed E-state index contributed by atoms with van der Waals surface area (Å²) in [6.07, 6.45) is 1.80. The lowest BCUT2D eigenvalue weighted by Crippen LogP contribution is -2.38. The van der Waals surface area contributed by atoms with E-state index in [1.807, 2.05) is 19.1 Å². The first-order valence-electron chi connectivity index (χ1n) is 6.80. The molecule has 19 heavy (non-hydrogen) atoms. The molecule has 0 radical (unpaired) electrons. The first-order valence-corrected chi connectivity index (χ1v) is 6.80. The Morgan fingerprint density at radius 1 is 1.26 bits per heavy atom. The van der Waals surface area contributed by atoms with Gasteiger partial charge in [0.1, 0.15) is 5.75 Å². The number of carbonyl (C=O) groups is 1. The molecule has 0 saturated carbocycles. The molecule has 4 nitrogen and oxygen atoms in total. The number of piperidine rings is 1. The van der Waals surface area contributed by atoms with Crippen molar-refractivity contribution in [3.8, 4) is 5.75 Å². The fourth-order valence-corrected chi connectivity index (χ4v) is 2.49. The predicted molar refractivity (Wildman–Crippen MR) is 73.6 cm³/mol. The van der Waals surface area contributed by atoms with E-state index in [9.17, 15) is 4.79 Å². The second-order valence-corrected chi connectivity index (χ2v) is 4.73. The summed E-state index contributed by atoms with van der Waals surface area (Å²) in [5.41, 5.74) is 1.32. The molecule has 2 rings (SSSR count). The van der Waals surface area contributed by atoms with Crippen LogP contribution >= 0.6 is 0 Å². The Balaban J connectivity index is 1.90.